The molecule has 0 fully saturated rings. The molecule has 0 aliphatic carbocycles. The lowest BCUT2D eigenvalue weighted by Gasteiger charge is -1.90. The van der Waals surface area contributed by atoms with Crippen LogP contribution in [0.4, 0.5) is 0 Å². The van der Waals surface area contributed by atoms with Gasteiger partial charge in [-0.2, -0.15) is 0 Å². The second kappa shape index (κ2) is 6.36. The zero-order chi connectivity index (χ0) is 10.2. The van der Waals surface area contributed by atoms with Crippen molar-refractivity contribution in [1.82, 2.24) is 9.97 Å². The first kappa shape index (κ1) is 11.0. The van der Waals surface area contributed by atoms with Gasteiger partial charge in [0.25, 0.3) is 0 Å². The van der Waals surface area contributed by atoms with Crippen LogP contribution in [0, 0.1) is 11.8 Å². The second-order valence-electron chi connectivity index (χ2n) is 2.72. The second-order valence-corrected chi connectivity index (χ2v) is 3.06. The quantitative estimate of drug-likeness (QED) is 0.469. The zero-order valence-corrected chi connectivity index (χ0v) is 8.46. The first-order valence-electron chi connectivity index (χ1n) is 4.40. The minimum atomic E-state index is 0.228. The molecule has 0 atom stereocenters. The summed E-state index contributed by atoms with van der Waals surface area (Å²) in [6, 6.07) is 0. The molecule has 0 radical (unpaired) electrons. The number of halogens is 1. The van der Waals surface area contributed by atoms with Gasteiger partial charge < -0.3 is 5.11 Å². The van der Waals surface area contributed by atoms with Gasteiger partial charge in [0.15, 0.2) is 0 Å². The molecule has 0 saturated heterocycles. The Hall–Kier alpha value is -1.11. The maximum absolute atomic E-state index is 8.53. The molecule has 0 aromatic carbocycles. The van der Waals surface area contributed by atoms with Crippen LogP contribution in [0.1, 0.15) is 24.8 Å². The third-order valence-corrected chi connectivity index (χ3v) is 1.76. The number of nitrogens with zero attached hydrogens (tertiary/aromatic N) is 2. The van der Waals surface area contributed by atoms with Crippen molar-refractivity contribution < 1.29 is 5.11 Å². The highest BCUT2D eigenvalue weighted by Gasteiger charge is 1.89. The number of aliphatic hydroxyl groups is 1. The molecule has 0 saturated carbocycles. The number of aromatic nitrogens is 2. The highest BCUT2D eigenvalue weighted by Crippen LogP contribution is 1.99. The molecule has 1 N–H and O–H groups in total. The Morgan fingerprint density at radius 1 is 1.29 bits per heavy atom. The van der Waals surface area contributed by atoms with Gasteiger partial charge in [-0.3, -0.25) is 0 Å². The predicted molar refractivity (Wildman–Crippen MR) is 54.9 cm³/mol. The fraction of sp³-hybridized carbons (Fsp3) is 0.400. The van der Waals surface area contributed by atoms with E-state index in [4.69, 9.17) is 16.7 Å². The van der Waals surface area contributed by atoms with Crippen molar-refractivity contribution in [2.45, 2.75) is 19.3 Å². The molecule has 0 bridgehead atoms. The average Bonchev–Trinajstić information content (AvgIpc) is 2.21. The summed E-state index contributed by atoms with van der Waals surface area (Å²) in [5, 5.41) is 8.76. The molecule has 0 spiro atoms. The van der Waals surface area contributed by atoms with E-state index >= 15 is 0 Å². The van der Waals surface area contributed by atoms with Crippen molar-refractivity contribution in [2.24, 2.45) is 0 Å². The number of unbranched alkanes of at least 4 members (excludes halogenated alkanes) is 2. The van der Waals surface area contributed by atoms with E-state index in [2.05, 4.69) is 21.8 Å². The summed E-state index contributed by atoms with van der Waals surface area (Å²) in [5.74, 6) is 5.89. The zero-order valence-electron chi connectivity index (χ0n) is 7.70. The van der Waals surface area contributed by atoms with Crippen molar-refractivity contribution in [1.29, 1.82) is 0 Å². The molecule has 1 aromatic heterocycles. The van der Waals surface area contributed by atoms with Crippen molar-refractivity contribution in [3.8, 4) is 11.8 Å². The van der Waals surface area contributed by atoms with E-state index in [1.165, 1.54) is 0 Å². The molecular formula is C10H11ClN2O. The normalized spacial score (nSPS) is 9.29. The van der Waals surface area contributed by atoms with Gasteiger partial charge in [0, 0.05) is 25.4 Å². The van der Waals surface area contributed by atoms with Gasteiger partial charge in [0.1, 0.15) is 0 Å². The smallest absolute Gasteiger partial charge is 0.222 e. The van der Waals surface area contributed by atoms with Gasteiger partial charge in [-0.1, -0.05) is 11.8 Å². The molecule has 1 heterocycles. The molecule has 1 aromatic rings. The Labute approximate surface area is 88.2 Å². The minimum absolute atomic E-state index is 0.228. The van der Waals surface area contributed by atoms with E-state index in [0.29, 0.717) is 0 Å². The highest BCUT2D eigenvalue weighted by atomic mass is 35.5. The van der Waals surface area contributed by atoms with Gasteiger partial charge >= 0.3 is 0 Å². The summed E-state index contributed by atoms with van der Waals surface area (Å²) in [7, 11) is 0. The van der Waals surface area contributed by atoms with Crippen LogP contribution in [0.25, 0.3) is 0 Å². The van der Waals surface area contributed by atoms with Crippen LogP contribution in [0.15, 0.2) is 12.4 Å². The molecule has 1 rings (SSSR count). The van der Waals surface area contributed by atoms with E-state index in [9.17, 15) is 0 Å². The minimum Gasteiger partial charge on any atom is -0.396 e. The fourth-order valence-electron chi connectivity index (χ4n) is 0.867. The molecule has 0 aliphatic rings. The molecule has 0 amide bonds. The Morgan fingerprint density at radius 2 is 2.00 bits per heavy atom. The fourth-order valence-corrected chi connectivity index (χ4v) is 0.964. The Bertz CT molecular complexity index is 326. The first-order chi connectivity index (χ1) is 6.83. The molecule has 3 nitrogen and oxygen atoms in total. The number of hydrogen-bond acceptors (Lipinski definition) is 3. The lowest BCUT2D eigenvalue weighted by Crippen LogP contribution is -1.83. The van der Waals surface area contributed by atoms with Crippen LogP contribution >= 0.6 is 11.6 Å². The van der Waals surface area contributed by atoms with Gasteiger partial charge in [0.2, 0.25) is 5.28 Å². The molecule has 14 heavy (non-hydrogen) atoms. The van der Waals surface area contributed by atoms with Crippen molar-refractivity contribution in [2.75, 3.05) is 6.61 Å². The summed E-state index contributed by atoms with van der Waals surface area (Å²) in [5.41, 5.74) is 0.762. The van der Waals surface area contributed by atoms with E-state index in [-0.39, 0.29) is 11.9 Å². The van der Waals surface area contributed by atoms with Crippen LogP contribution in [-0.2, 0) is 0 Å². The summed E-state index contributed by atoms with van der Waals surface area (Å²) in [6.45, 7) is 0.228. The standard InChI is InChI=1S/C10H11ClN2O/c11-10-12-7-9(8-13-10)5-3-1-2-4-6-14/h7-8,14H,1-2,4,6H2. The largest absolute Gasteiger partial charge is 0.396 e. The van der Waals surface area contributed by atoms with Gasteiger partial charge in [-0.05, 0) is 24.4 Å². The van der Waals surface area contributed by atoms with Gasteiger partial charge in [0.05, 0.1) is 5.56 Å². The van der Waals surface area contributed by atoms with Gasteiger partial charge in [-0.25, -0.2) is 9.97 Å². The SMILES string of the molecule is OCCCCC#Cc1cnc(Cl)nc1. The summed E-state index contributed by atoms with van der Waals surface area (Å²) in [6.07, 6.45) is 5.68. The lowest BCUT2D eigenvalue weighted by atomic mass is 10.2. The van der Waals surface area contributed by atoms with Gasteiger partial charge in [-0.15, -0.1) is 0 Å². The summed E-state index contributed by atoms with van der Waals surface area (Å²) in [4.78, 5) is 7.61. The van der Waals surface area contributed by atoms with Crippen LogP contribution in [0.3, 0.4) is 0 Å². The first-order valence-corrected chi connectivity index (χ1v) is 4.78. The Morgan fingerprint density at radius 3 is 2.64 bits per heavy atom. The Kier molecular flexibility index (Phi) is 4.98. The van der Waals surface area contributed by atoms with Crippen LogP contribution in [0.5, 0.6) is 0 Å². The molecule has 74 valence electrons. The predicted octanol–water partition coefficient (Wildman–Crippen LogP) is 1.64. The van der Waals surface area contributed by atoms with Crippen LogP contribution in [-0.4, -0.2) is 21.7 Å². The van der Waals surface area contributed by atoms with Crippen molar-refractivity contribution in [3.05, 3.63) is 23.2 Å². The number of hydrogen-bond donors (Lipinski definition) is 1. The number of rotatable bonds is 3. The van der Waals surface area contributed by atoms with E-state index in [1.54, 1.807) is 12.4 Å². The highest BCUT2D eigenvalue weighted by molar-refractivity contribution is 6.28. The van der Waals surface area contributed by atoms with E-state index < -0.39 is 0 Å². The molecule has 4 heteroatoms. The monoisotopic (exact) mass is 210 g/mol. The number of aliphatic hydroxyl groups excluding tert-OH is 1. The summed E-state index contributed by atoms with van der Waals surface area (Å²) >= 11 is 5.52. The maximum atomic E-state index is 8.53. The molecule has 0 aliphatic heterocycles. The van der Waals surface area contributed by atoms with Crippen LogP contribution < -0.4 is 0 Å². The van der Waals surface area contributed by atoms with Crippen molar-refractivity contribution >= 4 is 11.6 Å². The third kappa shape index (κ3) is 4.22. The third-order valence-electron chi connectivity index (χ3n) is 1.56. The Balaban J connectivity index is 2.39. The van der Waals surface area contributed by atoms with Crippen molar-refractivity contribution in [3.63, 3.8) is 0 Å². The summed E-state index contributed by atoms with van der Waals surface area (Å²) < 4.78 is 0. The topological polar surface area (TPSA) is 46.0 Å². The maximum Gasteiger partial charge on any atom is 0.222 e. The molecule has 0 unspecified atom stereocenters. The lowest BCUT2D eigenvalue weighted by molar-refractivity contribution is 0.285. The van der Waals surface area contributed by atoms with E-state index in [0.717, 1.165) is 24.8 Å². The van der Waals surface area contributed by atoms with Crippen LogP contribution in [0.2, 0.25) is 5.28 Å². The van der Waals surface area contributed by atoms with E-state index in [1.807, 2.05) is 0 Å². The average molecular weight is 211 g/mol. The molecular weight excluding hydrogens is 200 g/mol.